The van der Waals surface area contributed by atoms with E-state index in [1.165, 1.54) is 45.5 Å². The Kier molecular flexibility index (Phi) is 16.6. The number of pyridine rings is 1. The molecule has 2 aromatic heterocycles. The number of hydrogen-bond acceptors (Lipinski definition) is 9. The van der Waals surface area contributed by atoms with Crippen LogP contribution in [0.2, 0.25) is 5.02 Å². The molecular formula is C36H51ClF2N6O4. The van der Waals surface area contributed by atoms with Crippen LogP contribution in [0.15, 0.2) is 43.1 Å². The monoisotopic (exact) mass is 704 g/mol. The van der Waals surface area contributed by atoms with Gasteiger partial charge in [0.2, 0.25) is 0 Å². The average molecular weight is 705 g/mol. The van der Waals surface area contributed by atoms with Gasteiger partial charge in [-0.25, -0.2) is 4.39 Å². The molecule has 3 saturated heterocycles. The number of allylic oxidation sites excluding steroid dienone is 1. The van der Waals surface area contributed by atoms with Gasteiger partial charge in [0, 0.05) is 36.4 Å². The van der Waals surface area contributed by atoms with Crippen LogP contribution in [0.25, 0.3) is 22.2 Å². The molecule has 0 amide bonds. The summed E-state index contributed by atoms with van der Waals surface area (Å²) in [6.45, 7) is 10.9. The van der Waals surface area contributed by atoms with Gasteiger partial charge in [0.1, 0.15) is 12.3 Å². The van der Waals surface area contributed by atoms with Gasteiger partial charge in [-0.1, -0.05) is 30.2 Å². The van der Waals surface area contributed by atoms with E-state index in [-0.39, 0.29) is 34.2 Å². The van der Waals surface area contributed by atoms with E-state index in [9.17, 15) is 9.18 Å². The van der Waals surface area contributed by atoms with Gasteiger partial charge in [-0.3, -0.25) is 24.2 Å². The summed E-state index contributed by atoms with van der Waals surface area (Å²) in [5.74, 6) is -0.841. The number of H-pyrrole nitrogens is 1. The van der Waals surface area contributed by atoms with Crippen molar-refractivity contribution in [1.29, 1.82) is 0 Å². The third-order valence-corrected chi connectivity index (χ3v) is 9.32. The van der Waals surface area contributed by atoms with Gasteiger partial charge in [0.05, 0.1) is 42.3 Å². The number of benzene rings is 1. The molecule has 3 fully saturated rings. The zero-order chi connectivity index (χ0) is 35.8. The minimum atomic E-state index is -0.694. The highest BCUT2D eigenvalue weighted by Gasteiger charge is 2.45. The number of nitrogens with zero attached hydrogens (tertiary/aromatic N) is 3. The van der Waals surface area contributed by atoms with Crippen LogP contribution >= 0.6 is 11.6 Å². The lowest BCUT2D eigenvalue weighted by Crippen LogP contribution is -2.42. The van der Waals surface area contributed by atoms with Gasteiger partial charge in [-0.15, -0.1) is 0 Å². The van der Waals surface area contributed by atoms with Gasteiger partial charge in [0.25, 0.3) is 0 Å². The van der Waals surface area contributed by atoms with Gasteiger partial charge in [-0.2, -0.15) is 5.10 Å². The van der Waals surface area contributed by atoms with Crippen LogP contribution in [0.5, 0.6) is 0 Å². The molecule has 49 heavy (non-hydrogen) atoms. The van der Waals surface area contributed by atoms with E-state index in [1.807, 2.05) is 12.2 Å². The molecule has 6 rings (SSSR count). The third-order valence-electron chi connectivity index (χ3n) is 8.98. The smallest absolute Gasteiger partial charge is 0.183 e. The summed E-state index contributed by atoms with van der Waals surface area (Å²) in [5.41, 5.74) is 1.97. The Bertz CT molecular complexity index is 1520. The SMILES string of the molecule is C1CCNCC1.C=C(Nc1c(C(C)=O)cnc(-c2c(C/C=C/COC)c(Cl)cc3[nH]ncc23)c1F)OCC12CCCN1CCC2.CF.CO. The second kappa shape index (κ2) is 20.3. The maximum Gasteiger partial charge on any atom is 0.183 e. The Morgan fingerprint density at radius 1 is 1.14 bits per heavy atom. The number of halogens is 3. The lowest BCUT2D eigenvalue weighted by atomic mass is 9.95. The summed E-state index contributed by atoms with van der Waals surface area (Å²) < 4.78 is 37.0. The lowest BCUT2D eigenvalue weighted by molar-refractivity contribution is 0.0755. The number of anilines is 1. The van der Waals surface area contributed by atoms with Crippen LogP contribution < -0.4 is 10.6 Å². The standard InChI is InChI=1S/C29H33ClFN5O3.C5H11N.CH3F.CH4O/c1-18(37)21-15-32-28(25-20(8-4-5-13-38-3)23(30)14-24-22(25)16-33-35-24)26(31)27(21)34-19(2)39-17-29-9-6-11-36(29)12-7-10-29;1-2-4-6-5-3-1;2*1-2/h4-5,14-16H,2,6-13,17H2,1,3H3,(H,32,34)(H,33,35);6H,1-5H2;1H3;2H,1H3/b5-4+;;;. The third kappa shape index (κ3) is 10.1. The molecule has 0 unspecified atom stereocenters. The number of Topliss-reactive ketones (excluding diaryl/α,β-unsaturated/α-hetero) is 1. The number of aromatic amines is 1. The van der Waals surface area contributed by atoms with E-state index in [0.717, 1.165) is 45.9 Å². The minimum Gasteiger partial charge on any atom is -0.477 e. The molecule has 1 aromatic carbocycles. The number of ketones is 1. The molecule has 0 bridgehead atoms. The molecule has 0 atom stereocenters. The van der Waals surface area contributed by atoms with Crippen molar-refractivity contribution in [3.63, 3.8) is 0 Å². The van der Waals surface area contributed by atoms with E-state index in [0.29, 0.717) is 53.9 Å². The first-order valence-corrected chi connectivity index (χ1v) is 17.1. The molecule has 0 spiro atoms. The van der Waals surface area contributed by atoms with E-state index in [1.54, 1.807) is 19.4 Å². The van der Waals surface area contributed by atoms with Crippen molar-refractivity contribution >= 4 is 34.0 Å². The van der Waals surface area contributed by atoms with Gasteiger partial charge in [0.15, 0.2) is 17.5 Å². The number of aromatic nitrogens is 3. The zero-order valence-electron chi connectivity index (χ0n) is 29.1. The maximum atomic E-state index is 16.4. The number of carbonyl (C=O) groups excluding carboxylic acids is 1. The van der Waals surface area contributed by atoms with Crippen LogP contribution in [0.3, 0.4) is 0 Å². The molecule has 13 heteroatoms. The number of alkyl halides is 1. The van der Waals surface area contributed by atoms with Crippen molar-refractivity contribution < 1.29 is 28.2 Å². The van der Waals surface area contributed by atoms with Crippen molar-refractivity contribution in [2.24, 2.45) is 0 Å². The van der Waals surface area contributed by atoms with Gasteiger partial charge in [-0.05, 0) is 96.3 Å². The summed E-state index contributed by atoms with van der Waals surface area (Å²) in [7, 11) is 3.11. The Morgan fingerprint density at radius 3 is 2.43 bits per heavy atom. The fourth-order valence-corrected chi connectivity index (χ4v) is 6.93. The number of ether oxygens (including phenoxy) is 2. The van der Waals surface area contributed by atoms with Crippen LogP contribution in [0, 0.1) is 5.82 Å². The quantitative estimate of drug-likeness (QED) is 0.0964. The molecule has 5 heterocycles. The van der Waals surface area contributed by atoms with E-state index in [2.05, 4.69) is 37.3 Å². The number of hydrogen-bond donors (Lipinski definition) is 4. The second-order valence-corrected chi connectivity index (χ2v) is 12.4. The van der Waals surface area contributed by atoms with Gasteiger partial charge >= 0.3 is 0 Å². The number of methoxy groups -OCH3 is 1. The first-order chi connectivity index (χ1) is 23.8. The summed E-state index contributed by atoms with van der Waals surface area (Å²) in [4.78, 5) is 19.4. The summed E-state index contributed by atoms with van der Waals surface area (Å²) in [5, 5.41) is 21.4. The zero-order valence-corrected chi connectivity index (χ0v) is 29.9. The Hall–Kier alpha value is -3.42. The average Bonchev–Trinajstić information content (AvgIpc) is 3.86. The molecule has 3 aliphatic rings. The highest BCUT2D eigenvalue weighted by atomic mass is 35.5. The molecule has 3 aromatic rings. The van der Waals surface area contributed by atoms with Crippen molar-refractivity contribution in [2.45, 2.75) is 63.8 Å². The first kappa shape index (κ1) is 40.0. The van der Waals surface area contributed by atoms with Crippen molar-refractivity contribution in [2.75, 3.05) is 66.1 Å². The Labute approximate surface area is 293 Å². The molecule has 270 valence electrons. The number of piperidine rings is 1. The minimum absolute atomic E-state index is 0.00882. The number of fused-ring (bicyclic) bond motifs is 2. The van der Waals surface area contributed by atoms with E-state index in [4.69, 9.17) is 26.2 Å². The molecule has 10 nitrogen and oxygen atoms in total. The van der Waals surface area contributed by atoms with E-state index < -0.39 is 5.82 Å². The Balaban J connectivity index is 0.000000571. The Morgan fingerprint density at radius 2 is 1.84 bits per heavy atom. The molecule has 4 N–H and O–H groups in total. The largest absolute Gasteiger partial charge is 0.477 e. The molecule has 0 saturated carbocycles. The molecule has 0 radical (unpaired) electrons. The lowest BCUT2D eigenvalue weighted by Gasteiger charge is -2.32. The maximum absolute atomic E-state index is 16.4. The van der Waals surface area contributed by atoms with Crippen molar-refractivity contribution in [3.05, 3.63) is 65.0 Å². The predicted octanol–water partition coefficient (Wildman–Crippen LogP) is 6.85. The van der Waals surface area contributed by atoms with E-state index >= 15 is 4.39 Å². The second-order valence-electron chi connectivity index (χ2n) is 12.0. The number of carbonyl (C=O) groups is 1. The number of rotatable bonds is 11. The predicted molar refractivity (Wildman–Crippen MR) is 192 cm³/mol. The summed E-state index contributed by atoms with van der Waals surface area (Å²) in [6.07, 6.45) is 15.8. The first-order valence-electron chi connectivity index (χ1n) is 16.7. The number of nitrogens with one attached hydrogen (secondary N) is 3. The fraction of sp³-hybridized carbons (Fsp3) is 0.528. The number of aliphatic hydroxyl groups excluding tert-OH is 1. The molecule has 3 aliphatic heterocycles. The molecule has 0 aliphatic carbocycles. The van der Waals surface area contributed by atoms with Crippen LogP contribution in [-0.4, -0.2) is 97.3 Å². The van der Waals surface area contributed by atoms with Gasteiger partial charge < -0.3 is 25.2 Å². The highest BCUT2D eigenvalue weighted by Crippen LogP contribution is 2.41. The molecular weight excluding hydrogens is 654 g/mol. The van der Waals surface area contributed by atoms with Crippen molar-refractivity contribution in [1.82, 2.24) is 25.4 Å². The van der Waals surface area contributed by atoms with Crippen molar-refractivity contribution in [3.8, 4) is 11.3 Å². The van der Waals surface area contributed by atoms with Crippen LogP contribution in [0.1, 0.15) is 67.8 Å². The fourth-order valence-electron chi connectivity index (χ4n) is 6.65. The van der Waals surface area contributed by atoms with Crippen LogP contribution in [-0.2, 0) is 15.9 Å². The number of aliphatic hydroxyl groups is 1. The summed E-state index contributed by atoms with van der Waals surface area (Å²) >= 11 is 6.66. The van der Waals surface area contributed by atoms with Crippen LogP contribution in [0.4, 0.5) is 14.5 Å². The normalized spacial score (nSPS) is 16.5. The topological polar surface area (TPSA) is 125 Å². The highest BCUT2D eigenvalue weighted by molar-refractivity contribution is 6.33. The summed E-state index contributed by atoms with van der Waals surface area (Å²) in [6, 6.07) is 1.76.